The van der Waals surface area contributed by atoms with E-state index in [0.29, 0.717) is 5.69 Å². The fourth-order valence-corrected chi connectivity index (χ4v) is 3.77. The highest BCUT2D eigenvalue weighted by atomic mass is 35.5. The molecule has 0 aliphatic carbocycles. The topological polar surface area (TPSA) is 66.8 Å². The van der Waals surface area contributed by atoms with Gasteiger partial charge in [0.25, 0.3) is 0 Å². The third-order valence-electron chi connectivity index (χ3n) is 4.60. The average Bonchev–Trinajstić information content (AvgIpc) is 3.10. The van der Waals surface area contributed by atoms with Gasteiger partial charge in [-0.1, -0.05) is 23.8 Å². The van der Waals surface area contributed by atoms with E-state index in [-0.39, 0.29) is 17.5 Å². The summed E-state index contributed by atoms with van der Waals surface area (Å²) in [4.78, 5) is 25.5. The molecule has 1 amide bonds. The van der Waals surface area contributed by atoms with E-state index >= 15 is 0 Å². The van der Waals surface area contributed by atoms with Crippen molar-refractivity contribution in [3.8, 4) is 0 Å². The van der Waals surface area contributed by atoms with Crippen molar-refractivity contribution in [3.05, 3.63) is 41.2 Å². The van der Waals surface area contributed by atoms with Gasteiger partial charge < -0.3 is 14.7 Å². The summed E-state index contributed by atoms with van der Waals surface area (Å²) in [5, 5.41) is 9.34. The fourth-order valence-electron chi connectivity index (χ4n) is 3.65. The molecule has 2 saturated heterocycles. The summed E-state index contributed by atoms with van der Waals surface area (Å²) in [7, 11) is 0. The molecule has 3 aliphatic rings. The first-order valence-corrected chi connectivity index (χ1v) is 7.17. The van der Waals surface area contributed by atoms with Gasteiger partial charge in [-0.15, -0.1) is 0 Å². The number of anilines is 1. The van der Waals surface area contributed by atoms with Gasteiger partial charge in [0.15, 0.2) is 0 Å². The summed E-state index contributed by atoms with van der Waals surface area (Å²) in [6.45, 7) is 0.175. The SMILES string of the molecule is O=C(O)[C@@H]1[C@H]2C(=O)N(c3ccc(Cl)c(F)c3)C[C@@]23C=C[C@H]1O3. The summed E-state index contributed by atoms with van der Waals surface area (Å²) < 4.78 is 19.4. The zero-order valence-electron chi connectivity index (χ0n) is 11.2. The lowest BCUT2D eigenvalue weighted by molar-refractivity contribution is -0.146. The second kappa shape index (κ2) is 4.30. The van der Waals surface area contributed by atoms with Crippen LogP contribution >= 0.6 is 11.6 Å². The van der Waals surface area contributed by atoms with Gasteiger partial charge >= 0.3 is 5.97 Å². The molecule has 7 heteroatoms. The number of fused-ring (bicyclic) bond motifs is 1. The first-order valence-electron chi connectivity index (χ1n) is 6.79. The first-order chi connectivity index (χ1) is 10.4. The minimum absolute atomic E-state index is 0.0331. The van der Waals surface area contributed by atoms with E-state index < -0.39 is 35.3 Å². The summed E-state index contributed by atoms with van der Waals surface area (Å²) >= 11 is 5.65. The lowest BCUT2D eigenvalue weighted by Gasteiger charge is -2.21. The van der Waals surface area contributed by atoms with Crippen molar-refractivity contribution in [3.63, 3.8) is 0 Å². The Labute approximate surface area is 129 Å². The maximum atomic E-state index is 13.6. The summed E-state index contributed by atoms with van der Waals surface area (Å²) in [6, 6.07) is 4.07. The number of ether oxygens (including phenoxy) is 1. The number of benzene rings is 1. The Morgan fingerprint density at radius 3 is 2.95 bits per heavy atom. The third-order valence-corrected chi connectivity index (χ3v) is 4.91. The third kappa shape index (κ3) is 1.62. The molecule has 1 N–H and O–H groups in total. The van der Waals surface area contributed by atoms with Crippen LogP contribution in [0.1, 0.15) is 0 Å². The van der Waals surface area contributed by atoms with E-state index in [1.165, 1.54) is 23.1 Å². The minimum atomic E-state index is -1.06. The number of carboxylic acid groups (broad SMARTS) is 1. The molecule has 1 aromatic carbocycles. The van der Waals surface area contributed by atoms with Crippen molar-refractivity contribution in [2.24, 2.45) is 11.8 Å². The standard InChI is InChI=1S/C15H11ClFNO4/c16-8-2-1-7(5-9(8)17)18-6-15-4-3-10(22-15)11(14(20)21)12(15)13(18)19/h1-5,10-12H,6H2,(H,20,21)/t10-,11+,12+,15+/m1/s1. The molecule has 2 fully saturated rings. The number of hydrogen-bond acceptors (Lipinski definition) is 3. The quantitative estimate of drug-likeness (QED) is 0.844. The van der Waals surface area contributed by atoms with Gasteiger partial charge in [-0.05, 0) is 18.2 Å². The van der Waals surface area contributed by atoms with Crippen LogP contribution < -0.4 is 4.90 Å². The zero-order valence-corrected chi connectivity index (χ0v) is 12.0. The second-order valence-corrected chi connectivity index (χ2v) is 6.17. The van der Waals surface area contributed by atoms with E-state index in [1.54, 1.807) is 12.2 Å². The lowest BCUT2D eigenvalue weighted by atomic mass is 9.77. The summed E-state index contributed by atoms with van der Waals surface area (Å²) in [6.07, 6.45) is 2.87. The highest BCUT2D eigenvalue weighted by molar-refractivity contribution is 6.30. The first kappa shape index (κ1) is 13.7. The van der Waals surface area contributed by atoms with Crippen LogP contribution in [0.2, 0.25) is 5.02 Å². The molecular weight excluding hydrogens is 313 g/mol. The summed E-state index contributed by atoms with van der Waals surface area (Å²) in [5.41, 5.74) is -0.582. The van der Waals surface area contributed by atoms with Gasteiger partial charge in [-0.25, -0.2) is 4.39 Å². The average molecular weight is 324 g/mol. The Bertz CT molecular complexity index is 736. The van der Waals surface area contributed by atoms with E-state index in [0.717, 1.165) is 0 Å². The predicted octanol–water partition coefficient (Wildman–Crippen LogP) is 1.85. The van der Waals surface area contributed by atoms with Crippen LogP contribution in [0.3, 0.4) is 0 Å². The molecule has 0 saturated carbocycles. The predicted molar refractivity (Wildman–Crippen MR) is 75.1 cm³/mol. The van der Waals surface area contributed by atoms with Crippen LogP contribution in [-0.2, 0) is 14.3 Å². The number of carbonyl (C=O) groups is 2. The van der Waals surface area contributed by atoms with E-state index in [1.807, 2.05) is 0 Å². The molecule has 114 valence electrons. The maximum absolute atomic E-state index is 13.6. The van der Waals surface area contributed by atoms with E-state index in [9.17, 15) is 19.1 Å². The Balaban J connectivity index is 1.74. The number of amides is 1. The zero-order chi connectivity index (χ0) is 15.6. The van der Waals surface area contributed by atoms with Crippen molar-refractivity contribution >= 4 is 29.2 Å². The molecule has 22 heavy (non-hydrogen) atoms. The number of aliphatic carboxylic acids is 1. The van der Waals surface area contributed by atoms with Crippen LogP contribution in [0.15, 0.2) is 30.4 Å². The van der Waals surface area contributed by atoms with Crippen LogP contribution in [0.25, 0.3) is 0 Å². The number of nitrogens with zero attached hydrogens (tertiary/aromatic N) is 1. The largest absolute Gasteiger partial charge is 0.481 e. The highest BCUT2D eigenvalue weighted by Crippen LogP contribution is 2.52. The van der Waals surface area contributed by atoms with E-state index in [4.69, 9.17) is 16.3 Å². The molecular formula is C15H11ClFNO4. The smallest absolute Gasteiger partial charge is 0.310 e. The molecule has 4 rings (SSSR count). The molecule has 1 spiro atoms. The van der Waals surface area contributed by atoms with Crippen molar-refractivity contribution in [2.75, 3.05) is 11.4 Å². The fraction of sp³-hybridized carbons (Fsp3) is 0.333. The van der Waals surface area contributed by atoms with Gasteiger partial charge in [0.1, 0.15) is 17.3 Å². The van der Waals surface area contributed by atoms with Gasteiger partial charge in [0.05, 0.1) is 23.6 Å². The number of halogens is 2. The second-order valence-electron chi connectivity index (χ2n) is 5.76. The number of rotatable bonds is 2. The van der Waals surface area contributed by atoms with Gasteiger partial charge in [-0.3, -0.25) is 9.59 Å². The monoisotopic (exact) mass is 323 g/mol. The Morgan fingerprint density at radius 1 is 1.50 bits per heavy atom. The Morgan fingerprint density at radius 2 is 2.27 bits per heavy atom. The maximum Gasteiger partial charge on any atom is 0.310 e. The minimum Gasteiger partial charge on any atom is -0.481 e. The molecule has 0 aromatic heterocycles. The van der Waals surface area contributed by atoms with Gasteiger partial charge in [-0.2, -0.15) is 0 Å². The lowest BCUT2D eigenvalue weighted by Crippen LogP contribution is -2.39. The highest BCUT2D eigenvalue weighted by Gasteiger charge is 2.67. The van der Waals surface area contributed by atoms with Crippen molar-refractivity contribution in [1.82, 2.24) is 0 Å². The van der Waals surface area contributed by atoms with Gasteiger partial charge in [0, 0.05) is 5.69 Å². The number of carbonyl (C=O) groups excluding carboxylic acids is 1. The van der Waals surface area contributed by atoms with Crippen molar-refractivity contribution in [1.29, 1.82) is 0 Å². The molecule has 5 nitrogen and oxygen atoms in total. The van der Waals surface area contributed by atoms with Crippen LogP contribution in [0, 0.1) is 17.7 Å². The molecule has 1 aromatic rings. The Kier molecular flexibility index (Phi) is 2.68. The Hall–Kier alpha value is -1.92. The number of carboxylic acids is 1. The molecule has 0 unspecified atom stereocenters. The molecule has 2 bridgehead atoms. The van der Waals surface area contributed by atoms with Crippen LogP contribution in [0.5, 0.6) is 0 Å². The number of hydrogen-bond donors (Lipinski definition) is 1. The summed E-state index contributed by atoms with van der Waals surface area (Å²) in [5.74, 6) is -3.73. The van der Waals surface area contributed by atoms with Gasteiger partial charge in [0.2, 0.25) is 5.91 Å². The molecule has 3 aliphatic heterocycles. The molecule has 3 heterocycles. The molecule has 4 atom stereocenters. The van der Waals surface area contributed by atoms with Crippen LogP contribution in [-0.4, -0.2) is 35.2 Å². The van der Waals surface area contributed by atoms with Crippen molar-refractivity contribution in [2.45, 2.75) is 11.7 Å². The normalized spacial score (nSPS) is 35.3. The molecule has 0 radical (unpaired) electrons. The van der Waals surface area contributed by atoms with Crippen LogP contribution in [0.4, 0.5) is 10.1 Å². The van der Waals surface area contributed by atoms with E-state index in [2.05, 4.69) is 0 Å². The van der Waals surface area contributed by atoms with Crippen molar-refractivity contribution < 1.29 is 23.8 Å².